The summed E-state index contributed by atoms with van der Waals surface area (Å²) in [6.07, 6.45) is -0.0325. The molecule has 0 aliphatic heterocycles. The Kier molecular flexibility index (Phi) is 6.72. The highest BCUT2D eigenvalue weighted by atomic mass is 16.5. The molecule has 0 aliphatic rings. The summed E-state index contributed by atoms with van der Waals surface area (Å²) >= 11 is 0. The van der Waals surface area contributed by atoms with Crippen LogP contribution in [0.2, 0.25) is 0 Å². The first-order valence-corrected chi connectivity index (χ1v) is 6.79. The standard InChI is InChI=1S/C15H18N2O6/c1-9(18)23-11-5-3-4-10(8-11)15(21)17-12(14(16)20)6-7-13(19)22-2/h3-5,8,12H,6-7H2,1-2H3,(H2,16,20)(H,17,21)/t12-/m0/s1. The Hall–Kier alpha value is -2.90. The molecule has 0 radical (unpaired) electrons. The van der Waals surface area contributed by atoms with Crippen molar-refractivity contribution in [1.29, 1.82) is 0 Å². The minimum atomic E-state index is -1.01. The van der Waals surface area contributed by atoms with Gasteiger partial charge in [-0.2, -0.15) is 0 Å². The van der Waals surface area contributed by atoms with Crippen LogP contribution in [0, 0.1) is 0 Å². The molecule has 0 aromatic heterocycles. The van der Waals surface area contributed by atoms with Crippen LogP contribution < -0.4 is 15.8 Å². The van der Waals surface area contributed by atoms with Gasteiger partial charge in [-0.25, -0.2) is 0 Å². The molecular weight excluding hydrogens is 304 g/mol. The average Bonchev–Trinajstić information content (AvgIpc) is 2.50. The second-order valence-corrected chi connectivity index (χ2v) is 4.66. The van der Waals surface area contributed by atoms with Crippen molar-refractivity contribution in [1.82, 2.24) is 5.32 Å². The van der Waals surface area contributed by atoms with Crippen LogP contribution in [0.25, 0.3) is 0 Å². The Morgan fingerprint density at radius 2 is 1.96 bits per heavy atom. The third-order valence-corrected chi connectivity index (χ3v) is 2.87. The van der Waals surface area contributed by atoms with Crippen molar-refractivity contribution in [2.45, 2.75) is 25.8 Å². The molecule has 3 N–H and O–H groups in total. The quantitative estimate of drug-likeness (QED) is 0.544. The van der Waals surface area contributed by atoms with Crippen molar-refractivity contribution < 1.29 is 28.7 Å². The Bertz CT molecular complexity index is 614. The normalized spacial score (nSPS) is 11.2. The molecule has 1 aromatic rings. The fourth-order valence-corrected chi connectivity index (χ4v) is 1.76. The van der Waals surface area contributed by atoms with E-state index in [0.29, 0.717) is 0 Å². The highest BCUT2D eigenvalue weighted by Gasteiger charge is 2.20. The van der Waals surface area contributed by atoms with Gasteiger partial charge >= 0.3 is 11.9 Å². The number of ether oxygens (including phenoxy) is 2. The number of nitrogens with one attached hydrogen (secondary N) is 1. The molecule has 0 saturated heterocycles. The van der Waals surface area contributed by atoms with Crippen molar-refractivity contribution in [3.8, 4) is 5.75 Å². The fourth-order valence-electron chi connectivity index (χ4n) is 1.76. The van der Waals surface area contributed by atoms with Crippen LogP contribution in [0.15, 0.2) is 24.3 Å². The lowest BCUT2D eigenvalue weighted by Crippen LogP contribution is -2.44. The van der Waals surface area contributed by atoms with Crippen LogP contribution in [-0.4, -0.2) is 36.9 Å². The molecule has 1 aromatic carbocycles. The van der Waals surface area contributed by atoms with Crippen LogP contribution in [0.5, 0.6) is 5.75 Å². The number of hydrogen-bond acceptors (Lipinski definition) is 6. The Morgan fingerprint density at radius 1 is 1.26 bits per heavy atom. The van der Waals surface area contributed by atoms with E-state index in [1.807, 2.05) is 0 Å². The van der Waals surface area contributed by atoms with Gasteiger partial charge in [0.15, 0.2) is 0 Å². The minimum Gasteiger partial charge on any atom is -0.469 e. The zero-order valence-corrected chi connectivity index (χ0v) is 12.8. The van der Waals surface area contributed by atoms with Crippen LogP contribution in [0.1, 0.15) is 30.1 Å². The lowest BCUT2D eigenvalue weighted by Gasteiger charge is -2.15. The molecule has 23 heavy (non-hydrogen) atoms. The topological polar surface area (TPSA) is 125 Å². The van der Waals surface area contributed by atoms with Gasteiger partial charge in [0.25, 0.3) is 5.91 Å². The van der Waals surface area contributed by atoms with Crippen molar-refractivity contribution in [3.05, 3.63) is 29.8 Å². The first-order valence-electron chi connectivity index (χ1n) is 6.79. The van der Waals surface area contributed by atoms with E-state index in [1.54, 1.807) is 0 Å². The predicted molar refractivity (Wildman–Crippen MR) is 79.4 cm³/mol. The van der Waals surface area contributed by atoms with Gasteiger partial charge < -0.3 is 20.5 Å². The summed E-state index contributed by atoms with van der Waals surface area (Å²) in [4.78, 5) is 45.5. The maximum absolute atomic E-state index is 12.1. The summed E-state index contributed by atoms with van der Waals surface area (Å²) in [5.41, 5.74) is 5.40. The molecule has 0 unspecified atom stereocenters. The van der Waals surface area contributed by atoms with Gasteiger partial charge in [0.2, 0.25) is 5.91 Å². The lowest BCUT2D eigenvalue weighted by molar-refractivity contribution is -0.141. The molecule has 1 rings (SSSR count). The molecule has 8 heteroatoms. The van der Waals surface area contributed by atoms with Gasteiger partial charge in [-0.15, -0.1) is 0 Å². The van der Waals surface area contributed by atoms with Gasteiger partial charge in [-0.3, -0.25) is 19.2 Å². The van der Waals surface area contributed by atoms with Crippen LogP contribution in [0.3, 0.4) is 0 Å². The first kappa shape index (κ1) is 18.1. The number of nitrogens with two attached hydrogens (primary N) is 1. The third kappa shape index (κ3) is 6.16. The number of benzene rings is 1. The summed E-state index contributed by atoms with van der Waals surface area (Å²) in [6, 6.07) is 4.87. The maximum Gasteiger partial charge on any atom is 0.308 e. The zero-order chi connectivity index (χ0) is 17.4. The van der Waals surface area contributed by atoms with E-state index in [4.69, 9.17) is 10.5 Å². The van der Waals surface area contributed by atoms with E-state index in [1.165, 1.54) is 38.3 Å². The highest BCUT2D eigenvalue weighted by molar-refractivity contribution is 5.97. The van der Waals surface area contributed by atoms with E-state index in [0.717, 1.165) is 0 Å². The molecule has 0 fully saturated rings. The van der Waals surface area contributed by atoms with Gasteiger partial charge in [0, 0.05) is 18.9 Å². The monoisotopic (exact) mass is 322 g/mol. The van der Waals surface area contributed by atoms with E-state index in [2.05, 4.69) is 10.1 Å². The number of esters is 2. The number of primary amides is 1. The molecule has 0 bridgehead atoms. The Balaban J connectivity index is 2.76. The number of carbonyl (C=O) groups excluding carboxylic acids is 4. The van der Waals surface area contributed by atoms with Crippen LogP contribution in [0.4, 0.5) is 0 Å². The summed E-state index contributed by atoms with van der Waals surface area (Å²) < 4.78 is 9.35. The number of rotatable bonds is 7. The summed E-state index contributed by atoms with van der Waals surface area (Å²) in [5, 5.41) is 2.43. The largest absolute Gasteiger partial charge is 0.469 e. The van der Waals surface area contributed by atoms with Crippen molar-refractivity contribution in [3.63, 3.8) is 0 Å². The van der Waals surface area contributed by atoms with E-state index in [-0.39, 0.29) is 24.2 Å². The van der Waals surface area contributed by atoms with E-state index >= 15 is 0 Å². The zero-order valence-electron chi connectivity index (χ0n) is 12.8. The SMILES string of the molecule is COC(=O)CC[C@H](NC(=O)c1cccc(OC(C)=O)c1)C(N)=O. The second kappa shape index (κ2) is 8.52. The number of methoxy groups -OCH3 is 1. The van der Waals surface area contributed by atoms with Gasteiger partial charge in [-0.05, 0) is 24.6 Å². The van der Waals surface area contributed by atoms with Gasteiger partial charge in [0.05, 0.1) is 7.11 Å². The molecular formula is C15H18N2O6. The number of hydrogen-bond donors (Lipinski definition) is 2. The molecule has 124 valence electrons. The van der Waals surface area contributed by atoms with Gasteiger partial charge in [-0.1, -0.05) is 6.07 Å². The smallest absolute Gasteiger partial charge is 0.308 e. The molecule has 0 heterocycles. The molecule has 2 amide bonds. The summed E-state index contributed by atoms with van der Waals surface area (Å²) in [6.45, 7) is 1.24. The minimum absolute atomic E-state index is 0.0252. The second-order valence-electron chi connectivity index (χ2n) is 4.66. The first-order chi connectivity index (χ1) is 10.8. The van der Waals surface area contributed by atoms with E-state index in [9.17, 15) is 19.2 Å². The lowest BCUT2D eigenvalue weighted by atomic mass is 10.1. The Labute approximate surface area is 132 Å². The average molecular weight is 322 g/mol. The molecule has 0 aliphatic carbocycles. The molecule has 8 nitrogen and oxygen atoms in total. The van der Waals surface area contributed by atoms with Gasteiger partial charge in [0.1, 0.15) is 11.8 Å². The summed E-state index contributed by atoms with van der Waals surface area (Å²) in [5.74, 6) is -2.17. The van der Waals surface area contributed by atoms with Crippen molar-refractivity contribution >= 4 is 23.8 Å². The van der Waals surface area contributed by atoms with E-state index < -0.39 is 29.8 Å². The number of amides is 2. The molecule has 1 atom stereocenters. The Morgan fingerprint density at radius 3 is 2.52 bits per heavy atom. The fraction of sp³-hybridized carbons (Fsp3) is 0.333. The summed E-state index contributed by atoms with van der Waals surface area (Å²) in [7, 11) is 1.22. The molecule has 0 saturated carbocycles. The van der Waals surface area contributed by atoms with Crippen molar-refractivity contribution in [2.75, 3.05) is 7.11 Å². The third-order valence-electron chi connectivity index (χ3n) is 2.87. The maximum atomic E-state index is 12.1. The highest BCUT2D eigenvalue weighted by Crippen LogP contribution is 2.14. The van der Waals surface area contributed by atoms with Crippen LogP contribution in [-0.2, 0) is 19.1 Å². The van der Waals surface area contributed by atoms with Crippen LogP contribution >= 0.6 is 0 Å². The molecule has 0 spiro atoms. The predicted octanol–water partition coefficient (Wildman–Crippen LogP) is 0.149. The number of carbonyl (C=O) groups is 4. The van der Waals surface area contributed by atoms with Crippen molar-refractivity contribution in [2.24, 2.45) is 5.73 Å².